The minimum Gasteiger partial charge on any atom is -0.243 e. The van der Waals surface area contributed by atoms with Gasteiger partial charge in [-0.05, 0) is 30.5 Å². The molecule has 0 spiro atoms. The Balaban J connectivity index is 2.00. The van der Waals surface area contributed by atoms with Crippen LogP contribution in [0.25, 0.3) is 19.6 Å². The summed E-state index contributed by atoms with van der Waals surface area (Å²) in [6.45, 7) is 2.13. The average Bonchev–Trinajstić information content (AvgIpc) is 2.97. The predicted molar refractivity (Wildman–Crippen MR) is 73.5 cm³/mol. The highest BCUT2D eigenvalue weighted by molar-refractivity contribution is 7.25. The van der Waals surface area contributed by atoms with E-state index in [1.165, 1.54) is 19.5 Å². The first-order chi connectivity index (χ1) is 7.83. The number of aromatic nitrogens is 1. The molecule has 0 radical (unpaired) electrons. The number of aryl methyl sites for hydroxylation is 1. The van der Waals surface area contributed by atoms with E-state index in [1.807, 2.05) is 17.5 Å². The molecular weight excluding hydrogens is 254 g/mol. The minimum absolute atomic E-state index is 1.12. The molecule has 3 heterocycles. The second-order valence-corrected chi connectivity index (χ2v) is 6.68. The number of thiophene rings is 2. The molecule has 0 unspecified atom stereocenters. The quantitative estimate of drug-likeness (QED) is 0.640. The molecule has 0 amide bonds. The zero-order valence-electron chi connectivity index (χ0n) is 8.64. The molecule has 0 aliphatic rings. The van der Waals surface area contributed by atoms with Crippen LogP contribution in [0, 0.1) is 6.92 Å². The summed E-state index contributed by atoms with van der Waals surface area (Å²) in [7, 11) is 0. The van der Waals surface area contributed by atoms with Crippen LogP contribution in [-0.2, 0) is 0 Å². The molecule has 0 aromatic carbocycles. The van der Waals surface area contributed by atoms with Crippen molar-refractivity contribution >= 4 is 34.0 Å². The van der Waals surface area contributed by atoms with Crippen LogP contribution in [0.2, 0.25) is 0 Å². The second-order valence-electron chi connectivity index (χ2n) is 3.42. The van der Waals surface area contributed by atoms with E-state index in [4.69, 9.17) is 0 Å². The second kappa shape index (κ2) is 4.13. The molecule has 3 aromatic rings. The number of hydrogen-bond donors (Lipinski definition) is 0. The Kier molecular flexibility index (Phi) is 2.63. The summed E-state index contributed by atoms with van der Waals surface area (Å²) < 4.78 is 0. The van der Waals surface area contributed by atoms with Crippen LogP contribution in [0.1, 0.15) is 4.88 Å². The fourth-order valence-electron chi connectivity index (χ4n) is 1.47. The Morgan fingerprint density at radius 1 is 1.00 bits per heavy atom. The molecule has 0 bridgehead atoms. The molecule has 0 saturated carbocycles. The number of hydrogen-bond acceptors (Lipinski definition) is 4. The number of thiazole rings is 1. The SMILES string of the molecule is Cc1ccc(-c2cnc(-c3cccs3)s2)s1. The van der Waals surface area contributed by atoms with Crippen molar-refractivity contribution < 1.29 is 0 Å². The Bertz CT molecular complexity index is 589. The molecule has 80 valence electrons. The monoisotopic (exact) mass is 263 g/mol. The maximum Gasteiger partial charge on any atom is 0.133 e. The van der Waals surface area contributed by atoms with E-state index in [1.54, 1.807) is 22.7 Å². The lowest BCUT2D eigenvalue weighted by Crippen LogP contribution is -1.63. The molecular formula is C12H9NS3. The lowest BCUT2D eigenvalue weighted by Gasteiger charge is -1.87. The van der Waals surface area contributed by atoms with Gasteiger partial charge in [-0.15, -0.1) is 34.0 Å². The van der Waals surface area contributed by atoms with Crippen LogP contribution in [-0.4, -0.2) is 4.98 Å². The summed E-state index contributed by atoms with van der Waals surface area (Å²) in [4.78, 5) is 9.66. The van der Waals surface area contributed by atoms with Gasteiger partial charge in [0.05, 0.1) is 9.75 Å². The van der Waals surface area contributed by atoms with Crippen molar-refractivity contribution in [3.8, 4) is 19.6 Å². The zero-order valence-corrected chi connectivity index (χ0v) is 11.1. The lowest BCUT2D eigenvalue weighted by atomic mass is 10.4. The van der Waals surface area contributed by atoms with Crippen molar-refractivity contribution in [3.63, 3.8) is 0 Å². The minimum atomic E-state index is 1.12. The van der Waals surface area contributed by atoms with Crippen LogP contribution in [0.5, 0.6) is 0 Å². The summed E-state index contributed by atoms with van der Waals surface area (Å²) in [5, 5.41) is 3.21. The van der Waals surface area contributed by atoms with E-state index >= 15 is 0 Å². The fraction of sp³-hybridized carbons (Fsp3) is 0.0833. The van der Waals surface area contributed by atoms with E-state index in [-0.39, 0.29) is 0 Å². The van der Waals surface area contributed by atoms with Gasteiger partial charge in [0.25, 0.3) is 0 Å². The third kappa shape index (κ3) is 1.84. The van der Waals surface area contributed by atoms with Gasteiger partial charge in [-0.2, -0.15) is 0 Å². The molecule has 0 aliphatic heterocycles. The third-order valence-electron chi connectivity index (χ3n) is 2.22. The number of nitrogens with zero attached hydrogens (tertiary/aromatic N) is 1. The van der Waals surface area contributed by atoms with Gasteiger partial charge in [-0.1, -0.05) is 6.07 Å². The fourth-order valence-corrected chi connectivity index (χ4v) is 4.13. The standard InChI is InChI=1S/C12H9NS3/c1-8-4-5-9(15-8)11-7-13-12(16-11)10-3-2-6-14-10/h2-7H,1H3. The molecule has 4 heteroatoms. The third-order valence-corrected chi connectivity index (χ3v) is 5.45. The highest BCUT2D eigenvalue weighted by Crippen LogP contribution is 2.36. The molecule has 1 nitrogen and oxygen atoms in total. The number of rotatable bonds is 2. The summed E-state index contributed by atoms with van der Waals surface area (Å²) >= 11 is 5.33. The first-order valence-corrected chi connectivity index (χ1v) is 7.41. The van der Waals surface area contributed by atoms with Crippen LogP contribution >= 0.6 is 34.0 Å². The van der Waals surface area contributed by atoms with Crippen molar-refractivity contribution in [2.75, 3.05) is 0 Å². The van der Waals surface area contributed by atoms with Gasteiger partial charge in [0.1, 0.15) is 5.01 Å². The Morgan fingerprint density at radius 3 is 2.62 bits per heavy atom. The molecule has 3 aromatic heterocycles. The maximum atomic E-state index is 4.48. The van der Waals surface area contributed by atoms with Crippen LogP contribution in [0.15, 0.2) is 35.8 Å². The molecule has 16 heavy (non-hydrogen) atoms. The topological polar surface area (TPSA) is 12.9 Å². The molecule has 0 N–H and O–H groups in total. The highest BCUT2D eigenvalue weighted by atomic mass is 32.1. The van der Waals surface area contributed by atoms with Crippen LogP contribution in [0.3, 0.4) is 0 Å². The average molecular weight is 263 g/mol. The molecule has 3 rings (SSSR count). The van der Waals surface area contributed by atoms with Crippen molar-refractivity contribution in [1.29, 1.82) is 0 Å². The van der Waals surface area contributed by atoms with Crippen molar-refractivity contribution in [2.24, 2.45) is 0 Å². The normalized spacial score (nSPS) is 10.8. The van der Waals surface area contributed by atoms with Gasteiger partial charge in [-0.25, -0.2) is 4.98 Å². The zero-order chi connectivity index (χ0) is 11.0. The van der Waals surface area contributed by atoms with E-state index in [0.29, 0.717) is 0 Å². The van der Waals surface area contributed by atoms with Crippen molar-refractivity contribution in [2.45, 2.75) is 6.92 Å². The molecule has 0 atom stereocenters. The van der Waals surface area contributed by atoms with Gasteiger partial charge in [0.2, 0.25) is 0 Å². The Morgan fingerprint density at radius 2 is 1.94 bits per heavy atom. The predicted octanol–water partition coefficient (Wildman–Crippen LogP) is 4.91. The Labute approximate surface area is 106 Å². The van der Waals surface area contributed by atoms with Gasteiger partial charge < -0.3 is 0 Å². The van der Waals surface area contributed by atoms with E-state index < -0.39 is 0 Å². The lowest BCUT2D eigenvalue weighted by molar-refractivity contribution is 1.43. The summed E-state index contributed by atoms with van der Waals surface area (Å²) in [5.41, 5.74) is 0. The van der Waals surface area contributed by atoms with Gasteiger partial charge >= 0.3 is 0 Å². The van der Waals surface area contributed by atoms with Crippen molar-refractivity contribution in [3.05, 3.63) is 40.7 Å². The van der Waals surface area contributed by atoms with E-state index in [9.17, 15) is 0 Å². The first kappa shape index (κ1) is 10.2. The largest absolute Gasteiger partial charge is 0.243 e. The van der Waals surface area contributed by atoms with Gasteiger partial charge in [0, 0.05) is 16.0 Å². The van der Waals surface area contributed by atoms with Crippen LogP contribution in [0.4, 0.5) is 0 Å². The molecule has 0 saturated heterocycles. The molecule has 0 fully saturated rings. The summed E-state index contributed by atoms with van der Waals surface area (Å²) in [5.74, 6) is 0. The van der Waals surface area contributed by atoms with Crippen molar-refractivity contribution in [1.82, 2.24) is 4.98 Å². The molecule has 0 aliphatic carbocycles. The van der Waals surface area contributed by atoms with Crippen LogP contribution < -0.4 is 0 Å². The summed E-state index contributed by atoms with van der Waals surface area (Å²) in [6.07, 6.45) is 1.98. The van der Waals surface area contributed by atoms with E-state index in [0.717, 1.165) is 5.01 Å². The highest BCUT2D eigenvalue weighted by Gasteiger charge is 2.08. The van der Waals surface area contributed by atoms with Gasteiger partial charge in [0.15, 0.2) is 0 Å². The summed E-state index contributed by atoms with van der Waals surface area (Å²) in [6, 6.07) is 8.51. The van der Waals surface area contributed by atoms with E-state index in [2.05, 4.69) is 41.6 Å². The smallest absolute Gasteiger partial charge is 0.133 e. The van der Waals surface area contributed by atoms with Gasteiger partial charge in [-0.3, -0.25) is 0 Å². The first-order valence-electron chi connectivity index (χ1n) is 4.89. The maximum absolute atomic E-state index is 4.48. The Hall–Kier alpha value is -0.970.